The predicted octanol–water partition coefficient (Wildman–Crippen LogP) is 3.81. The molecule has 0 heterocycles. The van der Waals surface area contributed by atoms with Crippen LogP contribution in [-0.2, 0) is 0 Å². The highest BCUT2D eigenvalue weighted by molar-refractivity contribution is 7.47. The summed E-state index contributed by atoms with van der Waals surface area (Å²) in [6, 6.07) is 0. The standard InChI is InChI=1S/C7H14F2P2/c8-11(9)7-4-2-1-3-6(10)5-7/h6-7H,1-5,10H2. The molecular weight excluding hydrogens is 184 g/mol. The number of hydrogen-bond acceptors (Lipinski definition) is 0. The van der Waals surface area contributed by atoms with Crippen LogP contribution in [0.25, 0.3) is 0 Å². The maximum Gasteiger partial charge on any atom is 0.269 e. The van der Waals surface area contributed by atoms with E-state index in [-0.39, 0.29) is 5.66 Å². The fraction of sp³-hybridized carbons (Fsp3) is 1.00. The molecule has 1 rings (SSSR count). The Morgan fingerprint density at radius 2 is 1.82 bits per heavy atom. The molecule has 0 aromatic heterocycles. The molecule has 66 valence electrons. The van der Waals surface area contributed by atoms with E-state index in [2.05, 4.69) is 9.24 Å². The van der Waals surface area contributed by atoms with Crippen molar-refractivity contribution in [2.75, 3.05) is 0 Å². The molecule has 3 unspecified atom stereocenters. The quantitative estimate of drug-likeness (QED) is 0.444. The zero-order valence-corrected chi connectivity index (χ0v) is 8.52. The van der Waals surface area contributed by atoms with Crippen molar-refractivity contribution in [2.45, 2.75) is 43.4 Å². The van der Waals surface area contributed by atoms with E-state index in [1.807, 2.05) is 0 Å². The van der Waals surface area contributed by atoms with Crippen molar-refractivity contribution >= 4 is 17.8 Å². The molecule has 11 heavy (non-hydrogen) atoms. The van der Waals surface area contributed by atoms with E-state index < -0.39 is 8.54 Å². The molecule has 0 aliphatic heterocycles. The van der Waals surface area contributed by atoms with Gasteiger partial charge in [-0.1, -0.05) is 12.8 Å². The minimum Gasteiger partial charge on any atom is -0.188 e. The SMILES string of the molecule is FP(F)C1CCCCC(P)C1. The van der Waals surface area contributed by atoms with Gasteiger partial charge in [-0.3, -0.25) is 0 Å². The molecule has 4 heteroatoms. The molecule has 0 bridgehead atoms. The Morgan fingerprint density at radius 3 is 2.45 bits per heavy atom. The normalized spacial score (nSPS) is 33.8. The van der Waals surface area contributed by atoms with Gasteiger partial charge in [0.25, 0.3) is 8.54 Å². The molecule has 0 N–H and O–H groups in total. The largest absolute Gasteiger partial charge is 0.269 e. The Kier molecular flexibility index (Phi) is 4.17. The summed E-state index contributed by atoms with van der Waals surface area (Å²) < 4.78 is 24.7. The van der Waals surface area contributed by atoms with Crippen molar-refractivity contribution < 1.29 is 8.39 Å². The molecule has 1 aliphatic carbocycles. The third kappa shape index (κ3) is 3.30. The summed E-state index contributed by atoms with van der Waals surface area (Å²) in [5.41, 5.74) is 0.175. The first-order valence-electron chi connectivity index (χ1n) is 4.06. The summed E-state index contributed by atoms with van der Waals surface area (Å²) in [6.07, 6.45) is 4.73. The van der Waals surface area contributed by atoms with Crippen molar-refractivity contribution in [3.8, 4) is 0 Å². The number of halogens is 2. The molecule has 0 spiro atoms. The maximum atomic E-state index is 12.3. The van der Waals surface area contributed by atoms with Gasteiger partial charge in [-0.25, -0.2) is 0 Å². The van der Waals surface area contributed by atoms with Crippen LogP contribution in [0.1, 0.15) is 32.1 Å². The van der Waals surface area contributed by atoms with Crippen LogP contribution in [0.3, 0.4) is 0 Å². The molecular formula is C7H14F2P2. The zero-order chi connectivity index (χ0) is 8.27. The smallest absolute Gasteiger partial charge is 0.188 e. The molecule has 1 fully saturated rings. The van der Waals surface area contributed by atoms with Crippen LogP contribution in [0.4, 0.5) is 8.39 Å². The van der Waals surface area contributed by atoms with Crippen LogP contribution in [0, 0.1) is 0 Å². The molecule has 1 aliphatic rings. The third-order valence-corrected chi connectivity index (χ3v) is 3.84. The number of hydrogen-bond donors (Lipinski definition) is 0. The Labute approximate surface area is 70.3 Å². The molecule has 0 aromatic carbocycles. The molecule has 0 aromatic rings. The predicted molar refractivity (Wildman–Crippen MR) is 49.5 cm³/mol. The average molecular weight is 198 g/mol. The van der Waals surface area contributed by atoms with Crippen LogP contribution in [-0.4, -0.2) is 11.3 Å². The van der Waals surface area contributed by atoms with Crippen LogP contribution < -0.4 is 0 Å². The summed E-state index contributed by atoms with van der Waals surface area (Å²) >= 11 is 0. The van der Waals surface area contributed by atoms with Gasteiger partial charge >= 0.3 is 0 Å². The second-order valence-corrected chi connectivity index (χ2v) is 5.38. The van der Waals surface area contributed by atoms with E-state index in [4.69, 9.17) is 0 Å². The van der Waals surface area contributed by atoms with Crippen LogP contribution in [0.5, 0.6) is 0 Å². The van der Waals surface area contributed by atoms with Crippen molar-refractivity contribution in [3.05, 3.63) is 0 Å². The van der Waals surface area contributed by atoms with Gasteiger partial charge in [-0.05, 0) is 24.9 Å². The highest BCUT2D eigenvalue weighted by Crippen LogP contribution is 2.50. The Balaban J connectivity index is 2.39. The lowest BCUT2D eigenvalue weighted by atomic mass is 10.2. The van der Waals surface area contributed by atoms with Gasteiger partial charge < -0.3 is 0 Å². The van der Waals surface area contributed by atoms with Crippen molar-refractivity contribution in [2.24, 2.45) is 0 Å². The van der Waals surface area contributed by atoms with Crippen LogP contribution in [0.15, 0.2) is 0 Å². The highest BCUT2D eigenvalue weighted by atomic mass is 31.2. The molecule has 1 saturated carbocycles. The Morgan fingerprint density at radius 1 is 1.18 bits per heavy atom. The minimum atomic E-state index is -2.68. The van der Waals surface area contributed by atoms with E-state index in [0.29, 0.717) is 5.66 Å². The lowest BCUT2D eigenvalue weighted by Crippen LogP contribution is -2.06. The molecule has 0 radical (unpaired) electrons. The van der Waals surface area contributed by atoms with Crippen molar-refractivity contribution in [1.29, 1.82) is 0 Å². The van der Waals surface area contributed by atoms with E-state index in [9.17, 15) is 8.39 Å². The molecule has 0 amide bonds. The summed E-state index contributed by atoms with van der Waals surface area (Å²) in [7, 11) is 0.00970. The lowest BCUT2D eigenvalue weighted by Gasteiger charge is -2.13. The second-order valence-electron chi connectivity index (χ2n) is 3.19. The topological polar surface area (TPSA) is 0 Å². The zero-order valence-electron chi connectivity index (χ0n) is 6.47. The minimum absolute atomic E-state index is 0.269. The fourth-order valence-corrected chi connectivity index (χ4v) is 3.15. The first kappa shape index (κ1) is 9.81. The van der Waals surface area contributed by atoms with Gasteiger partial charge in [0.05, 0.1) is 0 Å². The first-order chi connectivity index (χ1) is 5.20. The van der Waals surface area contributed by atoms with Crippen LogP contribution in [0.2, 0.25) is 0 Å². The van der Waals surface area contributed by atoms with Gasteiger partial charge in [0.2, 0.25) is 0 Å². The summed E-state index contributed by atoms with van der Waals surface area (Å²) in [4.78, 5) is 0. The Hall–Kier alpha value is 0.720. The number of rotatable bonds is 1. The van der Waals surface area contributed by atoms with Gasteiger partial charge in [-0.2, -0.15) is 8.39 Å². The van der Waals surface area contributed by atoms with Gasteiger partial charge in [0.15, 0.2) is 0 Å². The van der Waals surface area contributed by atoms with Crippen molar-refractivity contribution in [3.63, 3.8) is 0 Å². The first-order valence-corrected chi connectivity index (χ1v) is 5.92. The summed E-state index contributed by atoms with van der Waals surface area (Å²) in [6.45, 7) is 0. The maximum absolute atomic E-state index is 12.3. The molecule has 0 saturated heterocycles. The van der Waals surface area contributed by atoms with Crippen LogP contribution >= 0.6 is 17.8 Å². The summed E-state index contributed by atoms with van der Waals surface area (Å²) in [5.74, 6) is 0. The van der Waals surface area contributed by atoms with Gasteiger partial charge in [-0.15, -0.1) is 9.24 Å². The highest BCUT2D eigenvalue weighted by Gasteiger charge is 2.25. The fourth-order valence-electron chi connectivity index (χ4n) is 1.55. The van der Waals surface area contributed by atoms with E-state index >= 15 is 0 Å². The Bertz CT molecular complexity index is 119. The van der Waals surface area contributed by atoms with E-state index in [1.54, 1.807) is 0 Å². The van der Waals surface area contributed by atoms with Gasteiger partial charge in [0, 0.05) is 5.66 Å². The van der Waals surface area contributed by atoms with E-state index in [0.717, 1.165) is 32.1 Å². The molecule has 0 nitrogen and oxygen atoms in total. The second kappa shape index (κ2) is 4.67. The third-order valence-electron chi connectivity index (χ3n) is 2.21. The van der Waals surface area contributed by atoms with Crippen molar-refractivity contribution in [1.82, 2.24) is 0 Å². The monoisotopic (exact) mass is 198 g/mol. The van der Waals surface area contributed by atoms with E-state index in [1.165, 1.54) is 0 Å². The van der Waals surface area contributed by atoms with Gasteiger partial charge in [0.1, 0.15) is 0 Å². The lowest BCUT2D eigenvalue weighted by molar-refractivity contribution is 0.631. The average Bonchev–Trinajstić information content (AvgIpc) is 2.13. The molecule has 3 atom stereocenters. The summed E-state index contributed by atoms with van der Waals surface area (Å²) in [5, 5.41) is 0.